The van der Waals surface area contributed by atoms with Gasteiger partial charge in [-0.25, -0.2) is 0 Å². The summed E-state index contributed by atoms with van der Waals surface area (Å²) in [6.07, 6.45) is 1.73. The summed E-state index contributed by atoms with van der Waals surface area (Å²) in [5.74, 6) is 0.864. The van der Waals surface area contributed by atoms with Crippen molar-refractivity contribution in [1.82, 2.24) is 14.8 Å². The van der Waals surface area contributed by atoms with Crippen molar-refractivity contribution in [2.24, 2.45) is 0 Å². The van der Waals surface area contributed by atoms with Crippen LogP contribution in [0.25, 0.3) is 11.4 Å². The third kappa shape index (κ3) is 2.02. The standard InChI is InChI=1S/C11H12ClN3/c1-3-15-7-13-14-11(15)9-4-8(2)5-10(12)6-9/h4-7H,3H2,1-2H3. The van der Waals surface area contributed by atoms with Gasteiger partial charge in [-0.1, -0.05) is 11.6 Å². The number of hydrogen-bond acceptors (Lipinski definition) is 2. The zero-order valence-electron chi connectivity index (χ0n) is 8.74. The Morgan fingerprint density at radius 3 is 2.80 bits per heavy atom. The van der Waals surface area contributed by atoms with E-state index in [9.17, 15) is 0 Å². The van der Waals surface area contributed by atoms with E-state index in [-0.39, 0.29) is 0 Å². The lowest BCUT2D eigenvalue weighted by Gasteiger charge is -2.04. The van der Waals surface area contributed by atoms with E-state index < -0.39 is 0 Å². The normalized spacial score (nSPS) is 10.6. The molecule has 1 heterocycles. The number of hydrogen-bond donors (Lipinski definition) is 0. The predicted octanol–water partition coefficient (Wildman–Crippen LogP) is 2.93. The lowest BCUT2D eigenvalue weighted by molar-refractivity contribution is 0.767. The van der Waals surface area contributed by atoms with E-state index in [0.29, 0.717) is 0 Å². The maximum Gasteiger partial charge on any atom is 0.163 e. The molecule has 0 aliphatic rings. The molecule has 3 nitrogen and oxygen atoms in total. The highest BCUT2D eigenvalue weighted by Crippen LogP contribution is 2.22. The Hall–Kier alpha value is -1.35. The number of halogens is 1. The van der Waals surface area contributed by atoms with Gasteiger partial charge in [-0.05, 0) is 37.6 Å². The molecular weight excluding hydrogens is 210 g/mol. The summed E-state index contributed by atoms with van der Waals surface area (Å²) in [5.41, 5.74) is 2.14. The van der Waals surface area contributed by atoms with Crippen LogP contribution in [0.2, 0.25) is 5.02 Å². The molecular formula is C11H12ClN3. The number of aromatic nitrogens is 3. The molecule has 0 aliphatic heterocycles. The van der Waals surface area contributed by atoms with Crippen LogP contribution in [0.15, 0.2) is 24.5 Å². The van der Waals surface area contributed by atoms with Gasteiger partial charge in [0.15, 0.2) is 5.82 Å². The molecule has 0 spiro atoms. The fourth-order valence-electron chi connectivity index (χ4n) is 1.58. The Balaban J connectivity index is 2.53. The molecule has 0 saturated heterocycles. The monoisotopic (exact) mass is 221 g/mol. The summed E-state index contributed by atoms with van der Waals surface area (Å²) >= 11 is 6.01. The molecule has 0 atom stereocenters. The largest absolute Gasteiger partial charge is 0.314 e. The van der Waals surface area contributed by atoms with Crippen LogP contribution in [0, 0.1) is 6.92 Å². The summed E-state index contributed by atoms with van der Waals surface area (Å²) in [6.45, 7) is 4.93. The van der Waals surface area contributed by atoms with E-state index >= 15 is 0 Å². The van der Waals surface area contributed by atoms with E-state index in [1.54, 1.807) is 6.33 Å². The first-order chi connectivity index (χ1) is 7.20. The van der Waals surface area contributed by atoms with Crippen molar-refractivity contribution in [3.8, 4) is 11.4 Å². The van der Waals surface area contributed by atoms with Gasteiger partial charge in [-0.2, -0.15) is 0 Å². The van der Waals surface area contributed by atoms with Crippen molar-refractivity contribution in [3.05, 3.63) is 35.1 Å². The molecule has 0 fully saturated rings. The van der Waals surface area contributed by atoms with Crippen molar-refractivity contribution in [3.63, 3.8) is 0 Å². The van der Waals surface area contributed by atoms with Crippen molar-refractivity contribution in [2.75, 3.05) is 0 Å². The van der Waals surface area contributed by atoms with Crippen molar-refractivity contribution >= 4 is 11.6 Å². The van der Waals surface area contributed by atoms with Crippen molar-refractivity contribution in [2.45, 2.75) is 20.4 Å². The highest BCUT2D eigenvalue weighted by atomic mass is 35.5. The van der Waals surface area contributed by atoms with E-state index in [0.717, 1.165) is 28.5 Å². The molecule has 0 unspecified atom stereocenters. The molecule has 78 valence electrons. The molecule has 15 heavy (non-hydrogen) atoms. The van der Waals surface area contributed by atoms with Crippen LogP contribution < -0.4 is 0 Å². The first-order valence-corrected chi connectivity index (χ1v) is 5.24. The number of aryl methyl sites for hydroxylation is 2. The smallest absolute Gasteiger partial charge is 0.163 e. The first kappa shape index (κ1) is 10.2. The summed E-state index contributed by atoms with van der Waals surface area (Å²) < 4.78 is 1.99. The van der Waals surface area contributed by atoms with Gasteiger partial charge in [-0.3, -0.25) is 0 Å². The molecule has 0 radical (unpaired) electrons. The third-order valence-corrected chi connectivity index (χ3v) is 2.47. The molecule has 1 aromatic heterocycles. The lowest BCUT2D eigenvalue weighted by Crippen LogP contribution is -1.96. The minimum absolute atomic E-state index is 0.732. The highest BCUT2D eigenvalue weighted by Gasteiger charge is 2.06. The molecule has 0 bridgehead atoms. The average molecular weight is 222 g/mol. The van der Waals surface area contributed by atoms with Crippen LogP contribution >= 0.6 is 11.6 Å². The molecule has 2 rings (SSSR count). The quantitative estimate of drug-likeness (QED) is 0.781. The van der Waals surface area contributed by atoms with Gasteiger partial charge in [0.1, 0.15) is 6.33 Å². The van der Waals surface area contributed by atoms with Crippen LogP contribution in [0.5, 0.6) is 0 Å². The Morgan fingerprint density at radius 1 is 1.33 bits per heavy atom. The molecule has 0 aliphatic carbocycles. The van der Waals surface area contributed by atoms with Gasteiger partial charge in [0, 0.05) is 17.1 Å². The van der Waals surface area contributed by atoms with Crippen LogP contribution in [0.4, 0.5) is 0 Å². The van der Waals surface area contributed by atoms with Gasteiger partial charge in [0.25, 0.3) is 0 Å². The molecule has 0 saturated carbocycles. The summed E-state index contributed by atoms with van der Waals surface area (Å²) in [5, 5.41) is 8.72. The van der Waals surface area contributed by atoms with Crippen LogP contribution in [-0.2, 0) is 6.54 Å². The third-order valence-electron chi connectivity index (χ3n) is 2.26. The minimum atomic E-state index is 0.732. The number of rotatable bonds is 2. The second kappa shape index (κ2) is 4.03. The summed E-state index contributed by atoms with van der Waals surface area (Å²) in [7, 11) is 0. The van der Waals surface area contributed by atoms with Gasteiger partial charge >= 0.3 is 0 Å². The second-order valence-corrected chi connectivity index (χ2v) is 3.89. The van der Waals surface area contributed by atoms with Crippen LogP contribution in [0.3, 0.4) is 0 Å². The highest BCUT2D eigenvalue weighted by molar-refractivity contribution is 6.30. The van der Waals surface area contributed by atoms with E-state index in [2.05, 4.69) is 23.2 Å². The number of benzene rings is 1. The Morgan fingerprint density at radius 2 is 2.13 bits per heavy atom. The molecule has 0 amide bonds. The zero-order valence-corrected chi connectivity index (χ0v) is 9.49. The molecule has 4 heteroatoms. The van der Waals surface area contributed by atoms with E-state index in [1.165, 1.54) is 0 Å². The fraction of sp³-hybridized carbons (Fsp3) is 0.273. The second-order valence-electron chi connectivity index (χ2n) is 3.46. The number of nitrogens with zero attached hydrogens (tertiary/aromatic N) is 3. The molecule has 2 aromatic rings. The summed E-state index contributed by atoms with van der Waals surface area (Å²) in [4.78, 5) is 0. The fourth-order valence-corrected chi connectivity index (χ4v) is 1.87. The van der Waals surface area contributed by atoms with Gasteiger partial charge < -0.3 is 4.57 Å². The van der Waals surface area contributed by atoms with Crippen molar-refractivity contribution < 1.29 is 0 Å². The van der Waals surface area contributed by atoms with Crippen LogP contribution in [0.1, 0.15) is 12.5 Å². The Bertz CT molecular complexity index is 456. The van der Waals surface area contributed by atoms with Crippen molar-refractivity contribution in [1.29, 1.82) is 0 Å². The van der Waals surface area contributed by atoms with Crippen LogP contribution in [-0.4, -0.2) is 14.8 Å². The Kier molecular flexibility index (Phi) is 2.73. The van der Waals surface area contributed by atoms with E-state index in [4.69, 9.17) is 11.6 Å². The maximum absolute atomic E-state index is 6.01. The lowest BCUT2D eigenvalue weighted by atomic mass is 10.1. The van der Waals surface area contributed by atoms with Gasteiger partial charge in [0.05, 0.1) is 0 Å². The van der Waals surface area contributed by atoms with E-state index in [1.807, 2.05) is 23.6 Å². The first-order valence-electron chi connectivity index (χ1n) is 4.86. The predicted molar refractivity (Wildman–Crippen MR) is 60.9 cm³/mol. The average Bonchev–Trinajstić information content (AvgIpc) is 2.63. The van der Waals surface area contributed by atoms with Gasteiger partial charge in [-0.15, -0.1) is 10.2 Å². The molecule has 1 aromatic carbocycles. The zero-order chi connectivity index (χ0) is 10.8. The summed E-state index contributed by atoms with van der Waals surface area (Å²) in [6, 6.07) is 5.89. The Labute approximate surface area is 93.7 Å². The maximum atomic E-state index is 6.01. The van der Waals surface area contributed by atoms with Gasteiger partial charge in [0.2, 0.25) is 0 Å². The minimum Gasteiger partial charge on any atom is -0.314 e. The topological polar surface area (TPSA) is 30.7 Å². The SMILES string of the molecule is CCn1cnnc1-c1cc(C)cc(Cl)c1. The molecule has 0 N–H and O–H groups in total.